The lowest BCUT2D eigenvalue weighted by Gasteiger charge is -2.18. The van der Waals surface area contributed by atoms with E-state index in [-0.39, 0.29) is 6.04 Å². The number of pyridine rings is 1. The number of carbonyl (C=O) groups is 2. The van der Waals surface area contributed by atoms with Crippen LogP contribution in [0.4, 0.5) is 5.82 Å². The predicted octanol–water partition coefficient (Wildman–Crippen LogP) is 1.70. The smallest absolute Gasteiger partial charge is 0.339 e. The molecule has 1 aromatic heterocycles. The molecule has 0 aromatic carbocycles. The summed E-state index contributed by atoms with van der Waals surface area (Å²) in [6.45, 7) is 5.09. The highest BCUT2D eigenvalue weighted by Gasteiger charge is 2.20. The Hall–Kier alpha value is -2.11. The summed E-state index contributed by atoms with van der Waals surface area (Å²) >= 11 is 0. The van der Waals surface area contributed by atoms with Crippen molar-refractivity contribution >= 4 is 17.8 Å². The van der Waals surface area contributed by atoms with E-state index in [2.05, 4.69) is 15.0 Å². The first-order chi connectivity index (χ1) is 8.86. The summed E-state index contributed by atoms with van der Waals surface area (Å²) in [6, 6.07) is 2.97. The monoisotopic (exact) mass is 266 g/mol. The molecule has 2 N–H and O–H groups in total. The average Bonchev–Trinajstić information content (AvgIpc) is 2.36. The highest BCUT2D eigenvalue weighted by molar-refractivity contribution is 5.90. The molecule has 0 aliphatic heterocycles. The molecule has 1 rings (SSSR count). The van der Waals surface area contributed by atoms with Gasteiger partial charge in [0.1, 0.15) is 5.82 Å². The third-order valence-corrected chi connectivity index (χ3v) is 3.01. The first-order valence-corrected chi connectivity index (χ1v) is 5.92. The highest BCUT2D eigenvalue weighted by atomic mass is 16.5. The van der Waals surface area contributed by atoms with Gasteiger partial charge in [-0.2, -0.15) is 0 Å². The first-order valence-electron chi connectivity index (χ1n) is 5.92. The van der Waals surface area contributed by atoms with E-state index in [0.717, 1.165) is 0 Å². The van der Waals surface area contributed by atoms with Crippen molar-refractivity contribution in [2.75, 3.05) is 12.4 Å². The van der Waals surface area contributed by atoms with Gasteiger partial charge in [0.15, 0.2) is 0 Å². The number of esters is 1. The molecule has 0 aliphatic carbocycles. The number of methoxy groups -OCH3 is 1. The molecule has 1 heterocycles. The van der Waals surface area contributed by atoms with Gasteiger partial charge in [-0.1, -0.05) is 0 Å². The summed E-state index contributed by atoms with van der Waals surface area (Å²) in [6.07, 6.45) is 0. The van der Waals surface area contributed by atoms with Crippen LogP contribution in [0.3, 0.4) is 0 Å². The molecular formula is C13H18N2O4. The standard InChI is InChI=1S/C13H18N2O4/c1-7(12(16)17)8(2)14-11-6-5-10(9(3)15-11)13(18)19-4/h5-8H,1-4H3,(H,14,15)(H,16,17). The zero-order valence-corrected chi connectivity index (χ0v) is 11.4. The van der Waals surface area contributed by atoms with Crippen LogP contribution in [0.5, 0.6) is 0 Å². The minimum absolute atomic E-state index is 0.270. The Labute approximate surface area is 111 Å². The van der Waals surface area contributed by atoms with Crippen LogP contribution >= 0.6 is 0 Å². The Kier molecular flexibility index (Phi) is 4.86. The van der Waals surface area contributed by atoms with Crippen LogP contribution in [0.25, 0.3) is 0 Å². The summed E-state index contributed by atoms with van der Waals surface area (Å²) in [5.74, 6) is -1.32. The van der Waals surface area contributed by atoms with Crippen molar-refractivity contribution in [2.24, 2.45) is 5.92 Å². The number of carbonyl (C=O) groups excluding carboxylic acids is 1. The number of carboxylic acids is 1. The second kappa shape index (κ2) is 6.17. The van der Waals surface area contributed by atoms with E-state index in [4.69, 9.17) is 5.11 Å². The molecule has 1 aromatic rings. The Morgan fingerprint density at radius 3 is 2.47 bits per heavy atom. The normalized spacial score (nSPS) is 13.5. The Morgan fingerprint density at radius 1 is 1.37 bits per heavy atom. The van der Waals surface area contributed by atoms with E-state index in [1.165, 1.54) is 7.11 Å². The molecule has 6 nitrogen and oxygen atoms in total. The molecule has 6 heteroatoms. The van der Waals surface area contributed by atoms with E-state index in [0.29, 0.717) is 17.1 Å². The van der Waals surface area contributed by atoms with Crippen LogP contribution < -0.4 is 5.32 Å². The van der Waals surface area contributed by atoms with Gasteiger partial charge in [0.05, 0.1) is 24.3 Å². The van der Waals surface area contributed by atoms with E-state index >= 15 is 0 Å². The number of anilines is 1. The molecule has 0 radical (unpaired) electrons. The zero-order chi connectivity index (χ0) is 14.6. The molecule has 0 amide bonds. The number of rotatable bonds is 5. The topological polar surface area (TPSA) is 88.5 Å². The Morgan fingerprint density at radius 2 is 2.00 bits per heavy atom. The van der Waals surface area contributed by atoms with Crippen LogP contribution in [0.2, 0.25) is 0 Å². The SMILES string of the molecule is COC(=O)c1ccc(NC(C)C(C)C(=O)O)nc1C. The lowest BCUT2D eigenvalue weighted by atomic mass is 10.0. The lowest BCUT2D eigenvalue weighted by Crippen LogP contribution is -2.30. The van der Waals surface area contributed by atoms with Crippen molar-refractivity contribution < 1.29 is 19.4 Å². The quantitative estimate of drug-likeness (QED) is 0.788. The maximum atomic E-state index is 11.4. The molecule has 0 saturated carbocycles. The fraction of sp³-hybridized carbons (Fsp3) is 0.462. The van der Waals surface area contributed by atoms with Gasteiger partial charge in [0.25, 0.3) is 0 Å². The van der Waals surface area contributed by atoms with E-state index in [1.54, 1.807) is 32.9 Å². The number of ether oxygens (including phenoxy) is 1. The third kappa shape index (κ3) is 3.67. The second-order valence-corrected chi connectivity index (χ2v) is 4.38. The fourth-order valence-corrected chi connectivity index (χ4v) is 1.54. The summed E-state index contributed by atoms with van der Waals surface area (Å²) in [7, 11) is 1.31. The molecule has 104 valence electrons. The number of nitrogens with zero attached hydrogens (tertiary/aromatic N) is 1. The van der Waals surface area contributed by atoms with Crippen molar-refractivity contribution in [3.8, 4) is 0 Å². The number of carboxylic acid groups (broad SMARTS) is 1. The van der Waals surface area contributed by atoms with E-state index in [1.807, 2.05) is 0 Å². The third-order valence-electron chi connectivity index (χ3n) is 3.01. The molecule has 0 aliphatic rings. The van der Waals surface area contributed by atoms with Crippen molar-refractivity contribution in [1.82, 2.24) is 4.98 Å². The minimum atomic E-state index is -0.872. The predicted molar refractivity (Wildman–Crippen MR) is 70.2 cm³/mol. The molecular weight excluding hydrogens is 248 g/mol. The fourth-order valence-electron chi connectivity index (χ4n) is 1.54. The van der Waals surface area contributed by atoms with Gasteiger partial charge in [-0.15, -0.1) is 0 Å². The first kappa shape index (κ1) is 14.9. The number of hydrogen-bond acceptors (Lipinski definition) is 5. The van der Waals surface area contributed by atoms with E-state index in [9.17, 15) is 9.59 Å². The second-order valence-electron chi connectivity index (χ2n) is 4.38. The van der Waals surface area contributed by atoms with Gasteiger partial charge in [-0.3, -0.25) is 4.79 Å². The van der Waals surface area contributed by atoms with Crippen LogP contribution in [0.15, 0.2) is 12.1 Å². The average molecular weight is 266 g/mol. The van der Waals surface area contributed by atoms with Crippen molar-refractivity contribution in [3.63, 3.8) is 0 Å². The van der Waals surface area contributed by atoms with Gasteiger partial charge in [-0.25, -0.2) is 9.78 Å². The number of hydrogen-bond donors (Lipinski definition) is 2. The number of aliphatic carboxylic acids is 1. The number of aromatic nitrogens is 1. The maximum Gasteiger partial charge on any atom is 0.339 e. The Bertz CT molecular complexity index is 488. The summed E-state index contributed by atoms with van der Waals surface area (Å²) in [5, 5.41) is 11.9. The molecule has 0 spiro atoms. The molecule has 2 atom stereocenters. The van der Waals surface area contributed by atoms with Gasteiger partial charge in [0.2, 0.25) is 0 Å². The van der Waals surface area contributed by atoms with Gasteiger partial charge < -0.3 is 15.2 Å². The molecule has 0 bridgehead atoms. The molecule has 2 unspecified atom stereocenters. The molecule has 0 saturated heterocycles. The van der Waals surface area contributed by atoms with Crippen LogP contribution in [-0.4, -0.2) is 35.2 Å². The largest absolute Gasteiger partial charge is 0.481 e. The summed E-state index contributed by atoms with van der Waals surface area (Å²) < 4.78 is 4.63. The van der Waals surface area contributed by atoms with Crippen LogP contribution in [0.1, 0.15) is 29.9 Å². The van der Waals surface area contributed by atoms with Crippen LogP contribution in [0, 0.1) is 12.8 Å². The Balaban J connectivity index is 2.84. The minimum Gasteiger partial charge on any atom is -0.481 e. The summed E-state index contributed by atoms with van der Waals surface area (Å²) in [5.41, 5.74) is 0.930. The van der Waals surface area contributed by atoms with E-state index < -0.39 is 17.9 Å². The summed E-state index contributed by atoms with van der Waals surface area (Å²) in [4.78, 5) is 26.5. The van der Waals surface area contributed by atoms with Crippen LogP contribution in [-0.2, 0) is 9.53 Å². The van der Waals surface area contributed by atoms with Crippen molar-refractivity contribution in [2.45, 2.75) is 26.8 Å². The highest BCUT2D eigenvalue weighted by Crippen LogP contribution is 2.14. The van der Waals surface area contributed by atoms with Gasteiger partial charge in [-0.05, 0) is 32.9 Å². The zero-order valence-electron chi connectivity index (χ0n) is 11.4. The van der Waals surface area contributed by atoms with Gasteiger partial charge in [0, 0.05) is 6.04 Å². The van der Waals surface area contributed by atoms with Crippen molar-refractivity contribution in [1.29, 1.82) is 0 Å². The maximum absolute atomic E-state index is 11.4. The number of nitrogens with one attached hydrogen (secondary N) is 1. The van der Waals surface area contributed by atoms with Crippen molar-refractivity contribution in [3.05, 3.63) is 23.4 Å². The lowest BCUT2D eigenvalue weighted by molar-refractivity contribution is -0.141. The molecule has 19 heavy (non-hydrogen) atoms. The molecule has 0 fully saturated rings. The number of aryl methyl sites for hydroxylation is 1. The van der Waals surface area contributed by atoms with Gasteiger partial charge >= 0.3 is 11.9 Å².